The van der Waals surface area contributed by atoms with Crippen molar-refractivity contribution in [1.29, 1.82) is 0 Å². The summed E-state index contributed by atoms with van der Waals surface area (Å²) in [5, 5.41) is 3.17. The summed E-state index contributed by atoms with van der Waals surface area (Å²) in [7, 11) is -2.94. The number of carbonyl (C=O) groups is 1. The SMILES string of the molecule is Cc1ccccc1-c1cncc(N2CCN(CC(=O)NC3CCN(CCS(C)(=O)=O)CC3)CC2)n1. The lowest BCUT2D eigenvalue weighted by atomic mass is 10.1. The van der Waals surface area contributed by atoms with Gasteiger partial charge in [0.2, 0.25) is 5.91 Å². The number of carbonyl (C=O) groups excluding carboxylic acids is 1. The number of sulfone groups is 1. The van der Waals surface area contributed by atoms with Crippen molar-refractivity contribution in [3.8, 4) is 11.3 Å². The Morgan fingerprint density at radius 1 is 1.03 bits per heavy atom. The van der Waals surface area contributed by atoms with Crippen molar-refractivity contribution < 1.29 is 13.2 Å². The summed E-state index contributed by atoms with van der Waals surface area (Å²) in [6.45, 7) is 7.90. The van der Waals surface area contributed by atoms with Gasteiger partial charge in [0.25, 0.3) is 0 Å². The number of piperazine rings is 1. The van der Waals surface area contributed by atoms with Crippen molar-refractivity contribution in [2.45, 2.75) is 25.8 Å². The summed E-state index contributed by atoms with van der Waals surface area (Å²) in [5.41, 5.74) is 3.15. The number of piperidine rings is 1. The molecule has 0 saturated carbocycles. The highest BCUT2D eigenvalue weighted by atomic mass is 32.2. The van der Waals surface area contributed by atoms with Crippen LogP contribution in [-0.4, -0.2) is 105 Å². The number of likely N-dealkylation sites (tertiary alicyclic amines) is 1. The molecule has 9 nitrogen and oxygen atoms in total. The average molecular weight is 501 g/mol. The molecule has 0 aliphatic carbocycles. The highest BCUT2D eigenvalue weighted by Crippen LogP contribution is 2.23. The second-order valence-corrected chi connectivity index (χ2v) is 11.9. The van der Waals surface area contributed by atoms with Crippen LogP contribution in [0.25, 0.3) is 11.3 Å². The molecule has 1 amide bonds. The summed E-state index contributed by atoms with van der Waals surface area (Å²) in [6, 6.07) is 8.35. The Morgan fingerprint density at radius 2 is 1.74 bits per heavy atom. The lowest BCUT2D eigenvalue weighted by molar-refractivity contribution is -0.123. The van der Waals surface area contributed by atoms with Gasteiger partial charge in [-0.05, 0) is 25.3 Å². The van der Waals surface area contributed by atoms with Gasteiger partial charge in [0, 0.05) is 63.7 Å². The van der Waals surface area contributed by atoms with Crippen LogP contribution in [0.2, 0.25) is 0 Å². The van der Waals surface area contributed by atoms with Gasteiger partial charge in [-0.3, -0.25) is 14.7 Å². The van der Waals surface area contributed by atoms with Gasteiger partial charge in [-0.15, -0.1) is 0 Å². The van der Waals surface area contributed by atoms with Gasteiger partial charge in [-0.1, -0.05) is 24.3 Å². The van der Waals surface area contributed by atoms with E-state index in [1.54, 1.807) is 0 Å². The Morgan fingerprint density at radius 3 is 2.43 bits per heavy atom. The van der Waals surface area contributed by atoms with E-state index in [-0.39, 0.29) is 17.7 Å². The molecule has 2 aliphatic rings. The van der Waals surface area contributed by atoms with Gasteiger partial charge in [0.1, 0.15) is 15.7 Å². The first kappa shape index (κ1) is 25.5. The van der Waals surface area contributed by atoms with Crippen LogP contribution >= 0.6 is 0 Å². The Kier molecular flexibility index (Phi) is 8.35. The lowest BCUT2D eigenvalue weighted by Crippen LogP contribution is -2.52. The molecular weight excluding hydrogens is 464 g/mol. The summed E-state index contributed by atoms with van der Waals surface area (Å²) < 4.78 is 22.7. The second-order valence-electron chi connectivity index (χ2n) is 9.65. The van der Waals surface area contributed by atoms with Crippen molar-refractivity contribution in [2.75, 3.05) is 69.3 Å². The zero-order chi connectivity index (χ0) is 24.8. The highest BCUT2D eigenvalue weighted by Gasteiger charge is 2.24. The third-order valence-corrected chi connectivity index (χ3v) is 7.76. The monoisotopic (exact) mass is 500 g/mol. The van der Waals surface area contributed by atoms with E-state index >= 15 is 0 Å². The molecule has 190 valence electrons. The van der Waals surface area contributed by atoms with E-state index < -0.39 is 9.84 Å². The van der Waals surface area contributed by atoms with Gasteiger partial charge in [-0.2, -0.15) is 0 Å². The molecule has 1 aromatic heterocycles. The summed E-state index contributed by atoms with van der Waals surface area (Å²) in [6.07, 6.45) is 6.61. The average Bonchev–Trinajstić information content (AvgIpc) is 2.84. The molecule has 0 unspecified atom stereocenters. The Hall–Kier alpha value is -2.56. The van der Waals surface area contributed by atoms with E-state index in [4.69, 9.17) is 4.98 Å². The molecule has 4 rings (SSSR count). The van der Waals surface area contributed by atoms with Gasteiger partial charge < -0.3 is 15.1 Å². The first-order valence-corrected chi connectivity index (χ1v) is 14.4. The number of nitrogens with one attached hydrogen (secondary N) is 1. The Balaban J connectivity index is 1.20. The van der Waals surface area contributed by atoms with Crippen LogP contribution in [0, 0.1) is 6.92 Å². The highest BCUT2D eigenvalue weighted by molar-refractivity contribution is 7.90. The normalized spacial score (nSPS) is 18.5. The predicted molar refractivity (Wildman–Crippen MR) is 138 cm³/mol. The van der Waals surface area contributed by atoms with Crippen molar-refractivity contribution in [2.24, 2.45) is 0 Å². The molecule has 2 saturated heterocycles. The van der Waals surface area contributed by atoms with Crippen LogP contribution in [0.15, 0.2) is 36.7 Å². The van der Waals surface area contributed by atoms with E-state index in [1.807, 2.05) is 24.5 Å². The first-order chi connectivity index (χ1) is 16.8. The van der Waals surface area contributed by atoms with Crippen LogP contribution < -0.4 is 10.2 Å². The number of aryl methyl sites for hydroxylation is 1. The van der Waals surface area contributed by atoms with Crippen LogP contribution in [0.5, 0.6) is 0 Å². The van der Waals surface area contributed by atoms with Crippen molar-refractivity contribution in [3.05, 3.63) is 42.2 Å². The minimum atomic E-state index is -2.94. The molecule has 1 aromatic carbocycles. The molecule has 0 atom stereocenters. The summed E-state index contributed by atoms with van der Waals surface area (Å²) >= 11 is 0. The van der Waals surface area contributed by atoms with Crippen LogP contribution in [0.1, 0.15) is 18.4 Å². The minimum Gasteiger partial charge on any atom is -0.353 e. The smallest absolute Gasteiger partial charge is 0.234 e. The van der Waals surface area contributed by atoms with Gasteiger partial charge in [0.15, 0.2) is 0 Å². The number of anilines is 1. The van der Waals surface area contributed by atoms with Crippen LogP contribution in [0.4, 0.5) is 5.82 Å². The molecule has 2 aromatic rings. The van der Waals surface area contributed by atoms with E-state index in [2.05, 4.69) is 44.1 Å². The minimum absolute atomic E-state index is 0.0642. The fraction of sp³-hybridized carbons (Fsp3) is 0.560. The van der Waals surface area contributed by atoms with Crippen molar-refractivity contribution >= 4 is 21.6 Å². The number of aromatic nitrogens is 2. The maximum atomic E-state index is 12.6. The fourth-order valence-electron chi connectivity index (χ4n) is 4.71. The second kappa shape index (κ2) is 11.5. The zero-order valence-electron chi connectivity index (χ0n) is 20.7. The quantitative estimate of drug-likeness (QED) is 0.577. The molecular formula is C25H36N6O3S. The lowest BCUT2D eigenvalue weighted by Gasteiger charge is -2.36. The summed E-state index contributed by atoms with van der Waals surface area (Å²) in [5.74, 6) is 1.13. The third-order valence-electron chi connectivity index (χ3n) is 6.84. The topological polar surface area (TPSA) is 98.7 Å². The Labute approximate surface area is 208 Å². The number of rotatable bonds is 8. The number of hydrogen-bond donors (Lipinski definition) is 1. The van der Waals surface area contributed by atoms with E-state index in [1.165, 1.54) is 11.8 Å². The molecule has 10 heteroatoms. The van der Waals surface area contributed by atoms with Gasteiger partial charge in [0.05, 0.1) is 30.4 Å². The van der Waals surface area contributed by atoms with Crippen LogP contribution in [0.3, 0.4) is 0 Å². The standard InChI is InChI=1S/C25H36N6O3S/c1-20-5-3-4-6-22(20)23-17-26-18-24(28-23)31-13-11-30(12-14-31)19-25(32)27-21-7-9-29(10-8-21)15-16-35(2,33)34/h3-6,17-18,21H,7-16,19H2,1-2H3,(H,27,32). The zero-order valence-corrected chi connectivity index (χ0v) is 21.5. The van der Waals surface area contributed by atoms with Gasteiger partial charge in [-0.25, -0.2) is 13.4 Å². The first-order valence-electron chi connectivity index (χ1n) is 12.3. The molecule has 2 aliphatic heterocycles. The molecule has 3 heterocycles. The van der Waals surface area contributed by atoms with Gasteiger partial charge >= 0.3 is 0 Å². The molecule has 0 spiro atoms. The van der Waals surface area contributed by atoms with E-state index in [0.29, 0.717) is 13.1 Å². The molecule has 35 heavy (non-hydrogen) atoms. The largest absolute Gasteiger partial charge is 0.353 e. The van der Waals surface area contributed by atoms with Crippen molar-refractivity contribution in [1.82, 2.24) is 25.1 Å². The third kappa shape index (κ3) is 7.46. The van der Waals surface area contributed by atoms with Crippen molar-refractivity contribution in [3.63, 3.8) is 0 Å². The molecule has 2 fully saturated rings. The summed E-state index contributed by atoms with van der Waals surface area (Å²) in [4.78, 5) is 28.5. The predicted octanol–water partition coefficient (Wildman–Crippen LogP) is 1.20. The van der Waals surface area contributed by atoms with E-state index in [9.17, 15) is 13.2 Å². The maximum absolute atomic E-state index is 12.6. The number of nitrogens with zero attached hydrogens (tertiary/aromatic N) is 5. The van der Waals surface area contributed by atoms with E-state index in [0.717, 1.165) is 69.2 Å². The molecule has 0 bridgehead atoms. The van der Waals surface area contributed by atoms with Crippen LogP contribution in [-0.2, 0) is 14.6 Å². The Bertz CT molecular complexity index is 1110. The maximum Gasteiger partial charge on any atom is 0.234 e. The molecule has 0 radical (unpaired) electrons. The fourth-order valence-corrected chi connectivity index (χ4v) is 5.30. The number of hydrogen-bond acceptors (Lipinski definition) is 8. The molecule has 1 N–H and O–H groups in total. The number of amides is 1. The number of benzene rings is 1.